The highest BCUT2D eigenvalue weighted by molar-refractivity contribution is 7.90. The van der Waals surface area contributed by atoms with E-state index >= 15 is 0 Å². The van der Waals surface area contributed by atoms with E-state index in [1.807, 2.05) is 0 Å². The van der Waals surface area contributed by atoms with Crippen molar-refractivity contribution in [3.63, 3.8) is 0 Å². The van der Waals surface area contributed by atoms with Crippen molar-refractivity contribution in [1.82, 2.24) is 12.9 Å². The number of nitrogens with zero attached hydrogens (tertiary/aromatic N) is 4. The number of non-ortho nitro benzene ring substituents is 1. The Balaban J connectivity index is 0.000000361. The lowest BCUT2D eigenvalue weighted by molar-refractivity contribution is -0.384. The lowest BCUT2D eigenvalue weighted by Gasteiger charge is -2.20. The van der Waals surface area contributed by atoms with Crippen molar-refractivity contribution in [3.8, 4) is 5.75 Å². The molecular weight excluding hydrogens is 280 g/mol. The normalized spacial score (nSPS) is 10.9. The number of hydrogen-bond donors (Lipinski definition) is 1. The Morgan fingerprint density at radius 2 is 1.30 bits per heavy atom. The van der Waals surface area contributed by atoms with Crippen LogP contribution in [0.2, 0.25) is 0 Å². The van der Waals surface area contributed by atoms with Gasteiger partial charge in [-0.3, -0.25) is 10.1 Å². The molecule has 0 radical (unpaired) electrons. The number of nitro groups is 1. The molecule has 0 unspecified atom stereocenters. The highest BCUT2D eigenvalue weighted by atomic mass is 32.2. The van der Waals surface area contributed by atoms with Gasteiger partial charge >= 0.3 is 0 Å². The monoisotopic (exact) mass is 303 g/mol. The molecule has 0 saturated heterocycles. The summed E-state index contributed by atoms with van der Waals surface area (Å²) in [5.74, 6) is 0.0330. The molecule has 0 heterocycles. The van der Waals surface area contributed by atoms with Gasteiger partial charge in [0.1, 0.15) is 5.75 Å². The first-order valence-electron chi connectivity index (χ1n) is 5.86. The van der Waals surface area contributed by atoms with E-state index in [0.717, 1.165) is 0 Å². The minimum Gasteiger partial charge on any atom is -0.508 e. The van der Waals surface area contributed by atoms with Crippen molar-refractivity contribution >= 4 is 17.1 Å². The summed E-state index contributed by atoms with van der Waals surface area (Å²) in [4.78, 5) is 9.52. The lowest BCUT2D eigenvalue weighted by atomic mass is 10.3. The molecule has 0 atom stereocenters. The molecule has 114 valence electrons. The number of phenolic OH excluding ortho intramolecular Hbond substituents is 1. The molecule has 1 rings (SSSR count). The summed E-state index contributed by atoms with van der Waals surface area (Å²) in [7, 11) is 12.5. The average Bonchev–Trinajstić information content (AvgIpc) is 2.28. The zero-order chi connectivity index (χ0) is 15.9. The molecule has 0 saturated carbocycles. The largest absolute Gasteiger partial charge is 0.508 e. The molecule has 0 bridgehead atoms. The number of hydrogen-bond acceptors (Lipinski definition) is 6. The van der Waals surface area contributed by atoms with Gasteiger partial charge in [0.2, 0.25) is 0 Å². The van der Waals surface area contributed by atoms with E-state index in [0.29, 0.717) is 0 Å². The molecule has 8 heteroatoms. The number of nitro benzene ring substituents is 1. The molecule has 0 aliphatic heterocycles. The van der Waals surface area contributed by atoms with Gasteiger partial charge in [0.05, 0.1) is 4.92 Å². The zero-order valence-electron chi connectivity index (χ0n) is 12.8. The van der Waals surface area contributed by atoms with Gasteiger partial charge in [-0.1, -0.05) is 12.9 Å². The van der Waals surface area contributed by atoms with Gasteiger partial charge in [0.15, 0.2) is 0 Å². The van der Waals surface area contributed by atoms with Crippen LogP contribution in [0.15, 0.2) is 24.3 Å². The van der Waals surface area contributed by atoms with Crippen LogP contribution >= 0.6 is 0 Å². The fourth-order valence-electron chi connectivity index (χ4n) is 1.55. The molecule has 0 aliphatic carbocycles. The predicted octanol–water partition coefficient (Wildman–Crippen LogP) is 1.33. The van der Waals surface area contributed by atoms with Crippen LogP contribution in [0.25, 0.3) is 0 Å². The first kappa shape index (κ1) is 18.7. The molecule has 1 aromatic rings. The van der Waals surface area contributed by atoms with Crippen molar-refractivity contribution in [3.05, 3.63) is 34.4 Å². The molecule has 1 aromatic carbocycles. The van der Waals surface area contributed by atoms with E-state index < -0.39 is 4.92 Å². The van der Waals surface area contributed by atoms with Crippen molar-refractivity contribution < 1.29 is 10.0 Å². The second-order valence-electron chi connectivity index (χ2n) is 4.46. The van der Waals surface area contributed by atoms with Gasteiger partial charge in [-0.2, -0.15) is 0 Å². The molecule has 7 nitrogen and oxygen atoms in total. The maximum Gasteiger partial charge on any atom is 0.269 e. The van der Waals surface area contributed by atoms with Crippen LogP contribution in [0, 0.1) is 10.1 Å². The second-order valence-corrected chi connectivity index (χ2v) is 7.14. The molecule has 1 N–H and O–H groups in total. The highest BCUT2D eigenvalue weighted by Gasteiger charge is 2.29. The standard InChI is InChI=1S/C6H18N3S.C6H5NO3/c1-7(2)10(8(3)4)9(5)6;8-6-3-1-5(2-4-6)7(9)10/h1-6H3;1-4,8H/q+1;. The summed E-state index contributed by atoms with van der Waals surface area (Å²) in [6.07, 6.45) is 0. The van der Waals surface area contributed by atoms with Gasteiger partial charge in [-0.05, 0) is 12.1 Å². The van der Waals surface area contributed by atoms with Gasteiger partial charge < -0.3 is 5.11 Å². The van der Waals surface area contributed by atoms with Crippen LogP contribution in [0.5, 0.6) is 5.75 Å². The Labute approximate surface area is 123 Å². The van der Waals surface area contributed by atoms with E-state index in [9.17, 15) is 10.1 Å². The quantitative estimate of drug-likeness (QED) is 0.514. The Hall–Kier alpha value is -1.35. The van der Waals surface area contributed by atoms with Gasteiger partial charge in [0.25, 0.3) is 17.1 Å². The van der Waals surface area contributed by atoms with Crippen molar-refractivity contribution in [2.75, 3.05) is 42.3 Å². The molecular formula is C12H23N4O3S+. The van der Waals surface area contributed by atoms with E-state index in [2.05, 4.69) is 55.2 Å². The lowest BCUT2D eigenvalue weighted by Crippen LogP contribution is -2.44. The third kappa shape index (κ3) is 6.71. The summed E-state index contributed by atoms with van der Waals surface area (Å²) < 4.78 is 6.58. The fraction of sp³-hybridized carbons (Fsp3) is 0.500. The Morgan fingerprint density at radius 1 is 0.950 bits per heavy atom. The van der Waals surface area contributed by atoms with Crippen molar-refractivity contribution in [2.24, 2.45) is 0 Å². The van der Waals surface area contributed by atoms with Crippen molar-refractivity contribution in [1.29, 1.82) is 0 Å². The Bertz CT molecular complexity index is 391. The third-order valence-electron chi connectivity index (χ3n) is 2.04. The van der Waals surface area contributed by atoms with Gasteiger partial charge in [0, 0.05) is 54.4 Å². The molecule has 0 aromatic heterocycles. The molecule has 0 amide bonds. The predicted molar refractivity (Wildman–Crippen MR) is 83.2 cm³/mol. The summed E-state index contributed by atoms with van der Waals surface area (Å²) in [5.41, 5.74) is -0.0159. The number of aromatic hydroxyl groups is 1. The van der Waals surface area contributed by atoms with Crippen LogP contribution in [0.1, 0.15) is 0 Å². The number of rotatable bonds is 4. The summed E-state index contributed by atoms with van der Waals surface area (Å²) >= 11 is 0.120. The van der Waals surface area contributed by atoms with Crippen LogP contribution in [0.4, 0.5) is 5.69 Å². The maximum atomic E-state index is 10.0. The molecule has 0 spiro atoms. The third-order valence-corrected chi connectivity index (χ3v) is 4.00. The van der Waals surface area contributed by atoms with Crippen LogP contribution < -0.4 is 0 Å². The summed E-state index contributed by atoms with van der Waals surface area (Å²) in [5, 5.41) is 18.8. The van der Waals surface area contributed by atoms with Crippen LogP contribution in [0.3, 0.4) is 0 Å². The smallest absolute Gasteiger partial charge is 0.269 e. The van der Waals surface area contributed by atoms with Crippen molar-refractivity contribution in [2.45, 2.75) is 0 Å². The van der Waals surface area contributed by atoms with Crippen LogP contribution in [-0.4, -0.2) is 65.2 Å². The fourth-order valence-corrected chi connectivity index (χ4v) is 3.51. The summed E-state index contributed by atoms with van der Waals surface area (Å²) in [6.45, 7) is 0. The molecule has 20 heavy (non-hydrogen) atoms. The number of benzene rings is 1. The second kappa shape index (κ2) is 8.75. The minimum absolute atomic E-state index is 0.0159. The topological polar surface area (TPSA) is 73.1 Å². The Kier molecular flexibility index (Phi) is 8.16. The SMILES string of the molecule is CN(C)[S+](N(C)C)N(C)C.O=[N+]([O-])c1ccc(O)cc1. The van der Waals surface area contributed by atoms with Gasteiger partial charge in [-0.15, -0.1) is 0 Å². The van der Waals surface area contributed by atoms with E-state index in [4.69, 9.17) is 5.11 Å². The highest BCUT2D eigenvalue weighted by Crippen LogP contribution is 2.14. The van der Waals surface area contributed by atoms with E-state index in [1.54, 1.807) is 0 Å². The zero-order valence-corrected chi connectivity index (χ0v) is 13.6. The van der Waals surface area contributed by atoms with Gasteiger partial charge in [-0.25, -0.2) is 0 Å². The number of phenols is 1. The molecule has 0 fully saturated rings. The first-order valence-corrected chi connectivity index (χ1v) is 6.96. The van der Waals surface area contributed by atoms with E-state index in [1.165, 1.54) is 24.3 Å². The minimum atomic E-state index is -0.514. The molecule has 0 aliphatic rings. The summed E-state index contributed by atoms with van der Waals surface area (Å²) in [6, 6.07) is 5.04. The van der Waals surface area contributed by atoms with E-state index in [-0.39, 0.29) is 22.9 Å². The Morgan fingerprint density at radius 3 is 1.50 bits per heavy atom. The van der Waals surface area contributed by atoms with Crippen LogP contribution in [-0.2, 0) is 11.5 Å². The average molecular weight is 303 g/mol. The first-order chi connectivity index (χ1) is 9.16. The maximum absolute atomic E-state index is 10.0.